The molecule has 2 amide bonds. The second-order valence-corrected chi connectivity index (χ2v) is 7.91. The van der Waals surface area contributed by atoms with Crippen LogP contribution in [-0.2, 0) is 16.1 Å². The maximum absolute atomic E-state index is 12.6. The highest BCUT2D eigenvalue weighted by Gasteiger charge is 2.21. The predicted octanol–water partition coefficient (Wildman–Crippen LogP) is 3.81. The normalized spacial score (nSPS) is 14.2. The maximum atomic E-state index is 12.6. The molecule has 1 saturated carbocycles. The van der Waals surface area contributed by atoms with E-state index in [1.807, 2.05) is 49.4 Å². The summed E-state index contributed by atoms with van der Waals surface area (Å²) < 4.78 is 0. The number of carbonyl (C=O) groups excluding carboxylic acids is 2. The second-order valence-electron chi connectivity index (χ2n) is 7.91. The third-order valence-electron chi connectivity index (χ3n) is 5.53. The molecule has 1 fully saturated rings. The van der Waals surface area contributed by atoms with E-state index < -0.39 is 0 Å². The van der Waals surface area contributed by atoms with Gasteiger partial charge in [-0.05, 0) is 42.7 Å². The Morgan fingerprint density at radius 2 is 1.81 bits per heavy atom. The summed E-state index contributed by atoms with van der Waals surface area (Å²) in [5, 5.41) is 18.1. The minimum Gasteiger partial charge on any atom is -0.326 e. The molecule has 1 aliphatic rings. The molecular weight excluding hydrogens is 392 g/mol. The summed E-state index contributed by atoms with van der Waals surface area (Å²) in [7, 11) is 0. The van der Waals surface area contributed by atoms with Gasteiger partial charge in [0, 0.05) is 22.9 Å². The van der Waals surface area contributed by atoms with Crippen molar-refractivity contribution in [2.45, 2.75) is 45.6 Å². The summed E-state index contributed by atoms with van der Waals surface area (Å²) in [4.78, 5) is 26.3. The lowest BCUT2D eigenvalue weighted by atomic mass is 9.88. The van der Waals surface area contributed by atoms with Crippen molar-refractivity contribution in [1.82, 2.24) is 20.2 Å². The van der Waals surface area contributed by atoms with E-state index in [0.29, 0.717) is 11.5 Å². The van der Waals surface area contributed by atoms with Crippen LogP contribution >= 0.6 is 0 Å². The Hall–Kier alpha value is -3.55. The first-order chi connectivity index (χ1) is 15.1. The van der Waals surface area contributed by atoms with Gasteiger partial charge in [0.05, 0.1) is 0 Å². The van der Waals surface area contributed by atoms with Crippen LogP contribution < -0.4 is 10.6 Å². The minimum atomic E-state index is -0.273. The van der Waals surface area contributed by atoms with Gasteiger partial charge >= 0.3 is 0 Å². The van der Waals surface area contributed by atoms with Gasteiger partial charge in [-0.2, -0.15) is 4.80 Å². The molecule has 0 bridgehead atoms. The number of rotatable bonds is 6. The maximum Gasteiger partial charge on any atom is 0.248 e. The minimum absolute atomic E-state index is 0.0581. The number of benzene rings is 2. The Balaban J connectivity index is 1.38. The third-order valence-corrected chi connectivity index (χ3v) is 5.53. The molecule has 8 heteroatoms. The zero-order valence-corrected chi connectivity index (χ0v) is 17.5. The number of nitrogens with one attached hydrogen (secondary N) is 2. The van der Waals surface area contributed by atoms with E-state index in [2.05, 4.69) is 26.0 Å². The predicted molar refractivity (Wildman–Crippen MR) is 118 cm³/mol. The quantitative estimate of drug-likeness (QED) is 0.634. The summed E-state index contributed by atoms with van der Waals surface area (Å²) in [6.07, 6.45) is 5.30. The Bertz CT molecular complexity index is 1060. The summed E-state index contributed by atoms with van der Waals surface area (Å²) >= 11 is 0. The van der Waals surface area contributed by atoms with Crippen LogP contribution in [0.25, 0.3) is 11.4 Å². The first-order valence-electron chi connectivity index (χ1n) is 10.6. The molecule has 1 aromatic heterocycles. The Morgan fingerprint density at radius 3 is 2.58 bits per heavy atom. The van der Waals surface area contributed by atoms with Gasteiger partial charge in [-0.1, -0.05) is 55.7 Å². The van der Waals surface area contributed by atoms with Crippen LogP contribution in [0.4, 0.5) is 11.4 Å². The number of amides is 2. The van der Waals surface area contributed by atoms with E-state index in [-0.39, 0.29) is 24.3 Å². The molecular formula is C23H26N6O2. The van der Waals surface area contributed by atoms with Crippen LogP contribution in [0.1, 0.15) is 37.7 Å². The lowest BCUT2D eigenvalue weighted by Crippen LogP contribution is -2.25. The van der Waals surface area contributed by atoms with E-state index in [1.165, 1.54) is 11.2 Å². The van der Waals surface area contributed by atoms with Crippen LogP contribution in [0, 0.1) is 12.8 Å². The first kappa shape index (κ1) is 20.7. The van der Waals surface area contributed by atoms with Gasteiger partial charge in [0.2, 0.25) is 17.6 Å². The number of hydrogen-bond donors (Lipinski definition) is 2. The molecule has 1 heterocycles. The lowest BCUT2D eigenvalue weighted by Gasteiger charge is -2.21. The molecule has 2 N–H and O–H groups in total. The van der Waals surface area contributed by atoms with Crippen LogP contribution in [0.2, 0.25) is 0 Å². The molecule has 0 radical (unpaired) electrons. The molecule has 2 aromatic carbocycles. The number of carbonyl (C=O) groups is 2. The average Bonchev–Trinajstić information content (AvgIpc) is 3.25. The number of aromatic nitrogens is 4. The topological polar surface area (TPSA) is 102 Å². The summed E-state index contributed by atoms with van der Waals surface area (Å²) in [6, 6.07) is 15.0. The second kappa shape index (κ2) is 9.51. The Kier molecular flexibility index (Phi) is 6.35. The smallest absolute Gasteiger partial charge is 0.248 e. The molecule has 0 spiro atoms. The van der Waals surface area contributed by atoms with E-state index in [1.54, 1.807) is 6.07 Å². The van der Waals surface area contributed by atoms with Crippen molar-refractivity contribution in [3.63, 3.8) is 0 Å². The molecule has 8 nitrogen and oxygen atoms in total. The average molecular weight is 419 g/mol. The lowest BCUT2D eigenvalue weighted by molar-refractivity contribution is -0.120. The van der Waals surface area contributed by atoms with Gasteiger partial charge in [0.15, 0.2) is 0 Å². The van der Waals surface area contributed by atoms with Gasteiger partial charge in [-0.3, -0.25) is 9.59 Å². The first-order valence-corrected chi connectivity index (χ1v) is 10.6. The monoisotopic (exact) mass is 418 g/mol. The third kappa shape index (κ3) is 5.33. The molecule has 160 valence electrons. The highest BCUT2D eigenvalue weighted by Crippen LogP contribution is 2.27. The summed E-state index contributed by atoms with van der Waals surface area (Å²) in [5.74, 6) is 0.331. The van der Waals surface area contributed by atoms with Crippen molar-refractivity contribution in [3.8, 4) is 11.4 Å². The van der Waals surface area contributed by atoms with Gasteiger partial charge in [-0.15, -0.1) is 10.2 Å². The molecule has 0 unspecified atom stereocenters. The van der Waals surface area contributed by atoms with Gasteiger partial charge in [0.1, 0.15) is 6.54 Å². The van der Waals surface area contributed by atoms with Crippen molar-refractivity contribution in [3.05, 3.63) is 54.1 Å². The number of aryl methyl sites for hydroxylation is 1. The van der Waals surface area contributed by atoms with Crippen LogP contribution in [0.5, 0.6) is 0 Å². The van der Waals surface area contributed by atoms with E-state index in [4.69, 9.17) is 0 Å². The molecule has 3 aromatic rings. The molecule has 0 saturated heterocycles. The van der Waals surface area contributed by atoms with Crippen molar-refractivity contribution in [2.24, 2.45) is 5.92 Å². The van der Waals surface area contributed by atoms with Crippen molar-refractivity contribution in [1.29, 1.82) is 0 Å². The van der Waals surface area contributed by atoms with Crippen LogP contribution in [0.15, 0.2) is 48.5 Å². The van der Waals surface area contributed by atoms with E-state index in [9.17, 15) is 9.59 Å². The molecule has 1 aliphatic carbocycles. The summed E-state index contributed by atoms with van der Waals surface area (Å²) in [6.45, 7) is 1.88. The number of nitrogens with zero attached hydrogens (tertiary/aromatic N) is 4. The fraction of sp³-hybridized carbons (Fsp3) is 0.348. The van der Waals surface area contributed by atoms with Gasteiger partial charge < -0.3 is 10.6 Å². The van der Waals surface area contributed by atoms with E-state index >= 15 is 0 Å². The Labute approximate surface area is 181 Å². The zero-order valence-electron chi connectivity index (χ0n) is 17.5. The Morgan fingerprint density at radius 1 is 1.03 bits per heavy atom. The number of tetrazole rings is 1. The van der Waals surface area contributed by atoms with Crippen LogP contribution in [0.3, 0.4) is 0 Å². The SMILES string of the molecule is Cc1ccc(NC(=O)Cn2nnc(-c3ccccc3)n2)cc1NC(=O)C1CCCCC1. The standard InChI is InChI=1S/C23H26N6O2/c1-16-12-13-19(14-20(16)25-23(31)18-10-6-3-7-11-18)24-21(30)15-29-27-22(26-28-29)17-8-4-2-5-9-17/h2,4-5,8-9,12-14,18H,3,6-7,10-11,15H2,1H3,(H,24,30)(H,25,31). The fourth-order valence-electron chi connectivity index (χ4n) is 3.78. The van der Waals surface area contributed by atoms with Crippen molar-refractivity contribution >= 4 is 23.2 Å². The largest absolute Gasteiger partial charge is 0.326 e. The number of anilines is 2. The highest BCUT2D eigenvalue weighted by atomic mass is 16.2. The molecule has 4 rings (SSSR count). The molecule has 31 heavy (non-hydrogen) atoms. The zero-order chi connectivity index (χ0) is 21.6. The highest BCUT2D eigenvalue weighted by molar-refractivity contribution is 5.95. The molecule has 0 aliphatic heterocycles. The molecule has 0 atom stereocenters. The number of hydrogen-bond acceptors (Lipinski definition) is 5. The fourth-order valence-corrected chi connectivity index (χ4v) is 3.78. The van der Waals surface area contributed by atoms with Gasteiger partial charge in [-0.25, -0.2) is 0 Å². The summed E-state index contributed by atoms with van der Waals surface area (Å²) in [5.41, 5.74) is 3.12. The van der Waals surface area contributed by atoms with Gasteiger partial charge in [0.25, 0.3) is 0 Å². The van der Waals surface area contributed by atoms with Crippen molar-refractivity contribution in [2.75, 3.05) is 10.6 Å². The van der Waals surface area contributed by atoms with Crippen molar-refractivity contribution < 1.29 is 9.59 Å². The van der Waals surface area contributed by atoms with E-state index in [0.717, 1.165) is 42.5 Å². The van der Waals surface area contributed by atoms with Crippen LogP contribution in [-0.4, -0.2) is 32.0 Å².